The first kappa shape index (κ1) is 15.6. The van der Waals surface area contributed by atoms with E-state index in [1.807, 2.05) is 0 Å². The van der Waals surface area contributed by atoms with Crippen molar-refractivity contribution >= 4 is 52.1 Å². The number of nitrogens with one attached hydrogen (secondary N) is 1. The monoisotopic (exact) mass is 344 g/mol. The van der Waals surface area contributed by atoms with Crippen molar-refractivity contribution in [1.29, 1.82) is 0 Å². The molecule has 8 heteroatoms. The molecule has 0 bridgehead atoms. The van der Waals surface area contributed by atoms with E-state index in [4.69, 9.17) is 34.8 Å². The molecule has 0 aromatic heterocycles. The molecule has 1 N–H and O–H groups in total. The molecule has 2 aromatic rings. The molecule has 1 amide bonds. The van der Waals surface area contributed by atoms with Crippen LogP contribution >= 0.6 is 34.8 Å². The van der Waals surface area contributed by atoms with Crippen LogP contribution in [0.25, 0.3) is 0 Å². The summed E-state index contributed by atoms with van der Waals surface area (Å²) in [6.07, 6.45) is 0. The van der Waals surface area contributed by atoms with Crippen LogP contribution in [0.3, 0.4) is 0 Å². The topological polar surface area (TPSA) is 72.2 Å². The van der Waals surface area contributed by atoms with Crippen molar-refractivity contribution in [3.8, 4) is 0 Å². The number of nitro groups is 1. The zero-order chi connectivity index (χ0) is 15.6. The minimum atomic E-state index is -0.581. The first-order valence-electron chi connectivity index (χ1n) is 5.59. The largest absolute Gasteiger partial charge is 0.321 e. The van der Waals surface area contributed by atoms with Crippen molar-refractivity contribution in [3.63, 3.8) is 0 Å². The van der Waals surface area contributed by atoms with Crippen LogP contribution in [0, 0.1) is 10.1 Å². The standard InChI is InChI=1S/C13H7Cl3N2O3/c14-8-2-1-3-9(15)12(8)13(19)17-11-5-4-7(18(20)21)6-10(11)16/h1-6H,(H,17,19). The van der Waals surface area contributed by atoms with Gasteiger partial charge >= 0.3 is 0 Å². The van der Waals surface area contributed by atoms with Gasteiger partial charge in [0.2, 0.25) is 0 Å². The molecule has 0 unspecified atom stereocenters. The van der Waals surface area contributed by atoms with Gasteiger partial charge in [0.15, 0.2) is 0 Å². The molecule has 2 rings (SSSR count). The second-order valence-corrected chi connectivity index (χ2v) is 5.19. The van der Waals surface area contributed by atoms with E-state index in [9.17, 15) is 14.9 Å². The first-order valence-corrected chi connectivity index (χ1v) is 6.73. The van der Waals surface area contributed by atoms with E-state index in [2.05, 4.69) is 5.32 Å². The smallest absolute Gasteiger partial charge is 0.271 e. The van der Waals surface area contributed by atoms with Gasteiger partial charge < -0.3 is 5.32 Å². The second-order valence-electron chi connectivity index (χ2n) is 3.97. The van der Waals surface area contributed by atoms with E-state index in [-0.39, 0.29) is 32.0 Å². The molecule has 0 saturated heterocycles. The van der Waals surface area contributed by atoms with Crippen LogP contribution < -0.4 is 5.32 Å². The quantitative estimate of drug-likeness (QED) is 0.641. The molecular formula is C13H7Cl3N2O3. The van der Waals surface area contributed by atoms with Gasteiger partial charge in [-0.05, 0) is 18.2 Å². The molecule has 2 aromatic carbocycles. The van der Waals surface area contributed by atoms with Crippen molar-refractivity contribution in [2.24, 2.45) is 0 Å². The van der Waals surface area contributed by atoms with Gasteiger partial charge in [-0.15, -0.1) is 0 Å². The van der Waals surface area contributed by atoms with Gasteiger partial charge in [-0.1, -0.05) is 40.9 Å². The van der Waals surface area contributed by atoms with E-state index in [1.165, 1.54) is 24.3 Å². The molecule has 0 aliphatic heterocycles. The van der Waals surface area contributed by atoms with Crippen molar-refractivity contribution in [2.75, 3.05) is 5.32 Å². The number of non-ortho nitro benzene ring substituents is 1. The minimum absolute atomic E-state index is 0.0423. The van der Waals surface area contributed by atoms with Gasteiger partial charge in [0.05, 0.1) is 31.2 Å². The third-order valence-electron chi connectivity index (χ3n) is 2.60. The average molecular weight is 346 g/mol. The summed E-state index contributed by atoms with van der Waals surface area (Å²) < 4.78 is 0. The normalized spacial score (nSPS) is 10.2. The molecule has 0 atom stereocenters. The summed E-state index contributed by atoms with van der Waals surface area (Å²) in [5, 5.41) is 13.6. The zero-order valence-electron chi connectivity index (χ0n) is 10.3. The minimum Gasteiger partial charge on any atom is -0.321 e. The van der Waals surface area contributed by atoms with E-state index >= 15 is 0 Å². The summed E-state index contributed by atoms with van der Waals surface area (Å²) in [6, 6.07) is 8.38. The van der Waals surface area contributed by atoms with Gasteiger partial charge in [-0.25, -0.2) is 0 Å². The number of benzene rings is 2. The van der Waals surface area contributed by atoms with E-state index in [0.717, 1.165) is 6.07 Å². The summed E-state index contributed by atoms with van der Waals surface area (Å²) >= 11 is 17.8. The Morgan fingerprint density at radius 3 is 2.19 bits per heavy atom. The fraction of sp³-hybridized carbons (Fsp3) is 0. The maximum absolute atomic E-state index is 12.2. The Bertz CT molecular complexity index is 714. The average Bonchev–Trinajstić information content (AvgIpc) is 2.40. The van der Waals surface area contributed by atoms with Gasteiger partial charge in [0, 0.05) is 12.1 Å². The number of nitrogens with zero attached hydrogens (tertiary/aromatic N) is 1. The Kier molecular flexibility index (Phi) is 4.67. The Morgan fingerprint density at radius 2 is 1.67 bits per heavy atom. The number of amides is 1. The van der Waals surface area contributed by atoms with Crippen molar-refractivity contribution in [1.82, 2.24) is 0 Å². The number of carbonyl (C=O) groups excluding carboxylic acids is 1. The lowest BCUT2D eigenvalue weighted by Gasteiger charge is -2.09. The number of rotatable bonds is 3. The van der Waals surface area contributed by atoms with Crippen LogP contribution in [0.4, 0.5) is 11.4 Å². The third kappa shape index (κ3) is 3.44. The summed E-state index contributed by atoms with van der Waals surface area (Å²) in [4.78, 5) is 22.2. The Morgan fingerprint density at radius 1 is 1.05 bits per heavy atom. The number of halogens is 3. The first-order chi connectivity index (χ1) is 9.90. The second kappa shape index (κ2) is 6.30. The fourth-order valence-electron chi connectivity index (χ4n) is 1.62. The lowest BCUT2D eigenvalue weighted by Crippen LogP contribution is -2.13. The Labute approximate surface area is 134 Å². The molecule has 0 aliphatic rings. The van der Waals surface area contributed by atoms with Crippen LogP contribution in [0.1, 0.15) is 10.4 Å². The predicted octanol–water partition coefficient (Wildman–Crippen LogP) is 4.81. The molecule has 0 heterocycles. The lowest BCUT2D eigenvalue weighted by molar-refractivity contribution is -0.384. The molecule has 0 radical (unpaired) electrons. The van der Waals surface area contributed by atoms with Crippen LogP contribution in [0.5, 0.6) is 0 Å². The maximum atomic E-state index is 12.2. The molecule has 0 saturated carbocycles. The molecule has 0 aliphatic carbocycles. The third-order valence-corrected chi connectivity index (χ3v) is 3.54. The number of carbonyl (C=O) groups is 1. The number of hydrogen-bond donors (Lipinski definition) is 1. The molecular weight excluding hydrogens is 339 g/mol. The number of nitro benzene ring substituents is 1. The number of anilines is 1. The Balaban J connectivity index is 2.30. The zero-order valence-corrected chi connectivity index (χ0v) is 12.5. The SMILES string of the molecule is O=C(Nc1ccc([N+](=O)[O-])cc1Cl)c1c(Cl)cccc1Cl. The maximum Gasteiger partial charge on any atom is 0.271 e. The van der Waals surface area contributed by atoms with Crippen molar-refractivity contribution < 1.29 is 9.72 Å². The predicted molar refractivity (Wildman–Crippen MR) is 82.5 cm³/mol. The highest BCUT2D eigenvalue weighted by molar-refractivity contribution is 6.40. The lowest BCUT2D eigenvalue weighted by atomic mass is 10.2. The molecule has 108 valence electrons. The summed E-state index contributed by atoms with van der Waals surface area (Å²) in [5.41, 5.74) is 0.160. The summed E-state index contributed by atoms with van der Waals surface area (Å²) in [6.45, 7) is 0. The highest BCUT2D eigenvalue weighted by atomic mass is 35.5. The molecule has 21 heavy (non-hydrogen) atoms. The van der Waals surface area contributed by atoms with Crippen molar-refractivity contribution in [2.45, 2.75) is 0 Å². The molecule has 0 fully saturated rings. The highest BCUT2D eigenvalue weighted by Crippen LogP contribution is 2.29. The number of hydrogen-bond acceptors (Lipinski definition) is 3. The van der Waals surface area contributed by atoms with Crippen molar-refractivity contribution in [3.05, 3.63) is 67.1 Å². The van der Waals surface area contributed by atoms with Gasteiger partial charge in [0.25, 0.3) is 11.6 Å². The van der Waals surface area contributed by atoms with E-state index < -0.39 is 10.8 Å². The Hall–Kier alpha value is -1.82. The van der Waals surface area contributed by atoms with Crippen LogP contribution in [0.15, 0.2) is 36.4 Å². The molecule has 5 nitrogen and oxygen atoms in total. The van der Waals surface area contributed by atoms with Crippen LogP contribution in [-0.2, 0) is 0 Å². The summed E-state index contributed by atoms with van der Waals surface area (Å²) in [5.74, 6) is -0.554. The van der Waals surface area contributed by atoms with E-state index in [1.54, 1.807) is 6.07 Å². The van der Waals surface area contributed by atoms with Gasteiger partial charge in [0.1, 0.15) is 0 Å². The fourth-order valence-corrected chi connectivity index (χ4v) is 2.41. The van der Waals surface area contributed by atoms with Gasteiger partial charge in [-0.3, -0.25) is 14.9 Å². The van der Waals surface area contributed by atoms with Crippen LogP contribution in [-0.4, -0.2) is 10.8 Å². The molecule has 0 spiro atoms. The van der Waals surface area contributed by atoms with E-state index in [0.29, 0.717) is 0 Å². The highest BCUT2D eigenvalue weighted by Gasteiger charge is 2.17. The van der Waals surface area contributed by atoms with Gasteiger partial charge in [-0.2, -0.15) is 0 Å². The van der Waals surface area contributed by atoms with Crippen LogP contribution in [0.2, 0.25) is 15.1 Å². The summed E-state index contributed by atoms with van der Waals surface area (Å²) in [7, 11) is 0.